The SMILES string of the molecule is CCCCOC(=O)CCN(CCCCCCN(C)S)SI. The van der Waals surface area contributed by atoms with Crippen LogP contribution >= 0.6 is 43.1 Å². The van der Waals surface area contributed by atoms with Gasteiger partial charge in [0.2, 0.25) is 0 Å². The Bertz CT molecular complexity index is 259. The summed E-state index contributed by atoms with van der Waals surface area (Å²) in [6.45, 7) is 5.50. The molecule has 0 fully saturated rings. The number of ether oxygens (including phenoxy) is 1. The smallest absolute Gasteiger partial charge is 0.307 e. The van der Waals surface area contributed by atoms with Crippen LogP contribution in [0.15, 0.2) is 0 Å². The summed E-state index contributed by atoms with van der Waals surface area (Å²) in [5, 5.41) is 0. The van der Waals surface area contributed by atoms with Crippen molar-refractivity contribution in [2.75, 3.05) is 33.3 Å². The lowest BCUT2D eigenvalue weighted by Gasteiger charge is -2.17. The van der Waals surface area contributed by atoms with E-state index in [0.717, 1.165) is 32.5 Å². The van der Waals surface area contributed by atoms with Crippen LogP contribution in [0.2, 0.25) is 0 Å². The van der Waals surface area contributed by atoms with E-state index in [0.29, 0.717) is 13.0 Å². The highest BCUT2D eigenvalue weighted by atomic mass is 127. The molecule has 0 heterocycles. The molecule has 0 radical (unpaired) electrons. The summed E-state index contributed by atoms with van der Waals surface area (Å²) in [5.74, 6) is -0.0734. The zero-order valence-electron chi connectivity index (χ0n) is 13.2. The number of hydrogen-bond acceptors (Lipinski definition) is 6. The van der Waals surface area contributed by atoms with E-state index in [4.69, 9.17) is 4.74 Å². The van der Waals surface area contributed by atoms with E-state index in [2.05, 4.69) is 45.2 Å². The maximum absolute atomic E-state index is 11.5. The summed E-state index contributed by atoms with van der Waals surface area (Å²) in [6, 6.07) is 0. The largest absolute Gasteiger partial charge is 0.466 e. The Morgan fingerprint density at radius 2 is 1.81 bits per heavy atom. The zero-order chi connectivity index (χ0) is 15.9. The summed E-state index contributed by atoms with van der Waals surface area (Å²) in [4.78, 5) is 11.5. The van der Waals surface area contributed by atoms with Gasteiger partial charge in [-0.05, 0) is 35.4 Å². The van der Waals surface area contributed by atoms with E-state index in [-0.39, 0.29) is 5.97 Å². The van der Waals surface area contributed by atoms with Crippen molar-refractivity contribution < 1.29 is 9.53 Å². The van der Waals surface area contributed by atoms with Crippen LogP contribution in [-0.4, -0.2) is 47.9 Å². The number of nitrogens with zero attached hydrogens (tertiary/aromatic N) is 2. The Morgan fingerprint density at radius 1 is 1.14 bits per heavy atom. The molecule has 0 unspecified atom stereocenters. The fraction of sp³-hybridized carbons (Fsp3) is 0.929. The van der Waals surface area contributed by atoms with Gasteiger partial charge < -0.3 is 4.74 Å². The normalized spacial score (nSPS) is 11.3. The van der Waals surface area contributed by atoms with E-state index in [1.165, 1.54) is 25.7 Å². The molecule has 0 aliphatic heterocycles. The molecular weight excluding hydrogens is 419 g/mol. The van der Waals surface area contributed by atoms with Gasteiger partial charge in [-0.1, -0.05) is 39.0 Å². The minimum absolute atomic E-state index is 0.0734. The molecule has 0 aromatic carbocycles. The highest BCUT2D eigenvalue weighted by Crippen LogP contribution is 2.20. The maximum atomic E-state index is 11.5. The van der Waals surface area contributed by atoms with Crippen LogP contribution in [0.3, 0.4) is 0 Å². The number of halogens is 1. The van der Waals surface area contributed by atoms with Crippen molar-refractivity contribution in [3.05, 3.63) is 0 Å². The molecule has 0 aromatic heterocycles. The summed E-state index contributed by atoms with van der Waals surface area (Å²) < 4.78 is 9.34. The van der Waals surface area contributed by atoms with Gasteiger partial charge >= 0.3 is 5.97 Å². The minimum atomic E-state index is -0.0734. The van der Waals surface area contributed by atoms with Gasteiger partial charge in [0.15, 0.2) is 0 Å². The van der Waals surface area contributed by atoms with E-state index in [1.54, 1.807) is 9.12 Å². The molecule has 0 atom stereocenters. The molecule has 0 rings (SSSR count). The quantitative estimate of drug-likeness (QED) is 0.140. The second kappa shape index (κ2) is 15.7. The van der Waals surface area contributed by atoms with Gasteiger partial charge in [-0.3, -0.25) is 9.10 Å². The molecule has 7 heteroatoms. The molecule has 0 N–H and O–H groups in total. The average molecular weight is 448 g/mol. The lowest BCUT2D eigenvalue weighted by molar-refractivity contribution is -0.143. The van der Waals surface area contributed by atoms with Crippen molar-refractivity contribution in [2.45, 2.75) is 51.9 Å². The van der Waals surface area contributed by atoms with E-state index in [9.17, 15) is 4.79 Å². The second-order valence-corrected chi connectivity index (χ2v) is 7.64. The molecule has 0 aliphatic rings. The first-order chi connectivity index (χ1) is 10.1. The molecule has 0 saturated heterocycles. The molecular formula is C14H29IN2O2S2. The van der Waals surface area contributed by atoms with Crippen molar-refractivity contribution in [3.63, 3.8) is 0 Å². The van der Waals surface area contributed by atoms with Gasteiger partial charge in [0.1, 0.15) is 0 Å². The van der Waals surface area contributed by atoms with Gasteiger partial charge in [0.25, 0.3) is 0 Å². The summed E-state index contributed by atoms with van der Waals surface area (Å²) in [5.41, 5.74) is 0. The van der Waals surface area contributed by atoms with Crippen molar-refractivity contribution in [1.82, 2.24) is 8.61 Å². The van der Waals surface area contributed by atoms with Crippen LogP contribution in [-0.2, 0) is 9.53 Å². The number of esters is 1. The minimum Gasteiger partial charge on any atom is -0.466 e. The van der Waals surface area contributed by atoms with Crippen LogP contribution in [0.1, 0.15) is 51.9 Å². The number of carbonyl (C=O) groups excluding carboxylic acids is 1. The van der Waals surface area contributed by atoms with Gasteiger partial charge in [-0.15, -0.1) is 0 Å². The van der Waals surface area contributed by atoms with Crippen molar-refractivity contribution >= 4 is 49.1 Å². The summed E-state index contributed by atoms with van der Waals surface area (Å²) in [7, 11) is 3.67. The lowest BCUT2D eigenvalue weighted by Crippen LogP contribution is -2.20. The third-order valence-corrected chi connectivity index (χ3v) is 5.49. The zero-order valence-corrected chi connectivity index (χ0v) is 17.1. The lowest BCUT2D eigenvalue weighted by atomic mass is 10.2. The van der Waals surface area contributed by atoms with Crippen molar-refractivity contribution in [1.29, 1.82) is 0 Å². The van der Waals surface area contributed by atoms with Crippen LogP contribution in [0.5, 0.6) is 0 Å². The fourth-order valence-corrected chi connectivity index (χ4v) is 3.46. The first-order valence-corrected chi connectivity index (χ1v) is 11.4. The van der Waals surface area contributed by atoms with Crippen LogP contribution < -0.4 is 0 Å². The van der Waals surface area contributed by atoms with Crippen LogP contribution in [0.25, 0.3) is 0 Å². The monoisotopic (exact) mass is 448 g/mol. The van der Waals surface area contributed by atoms with Crippen LogP contribution in [0.4, 0.5) is 0 Å². The van der Waals surface area contributed by atoms with Crippen molar-refractivity contribution in [2.24, 2.45) is 0 Å². The molecule has 0 aliphatic carbocycles. The fourth-order valence-electron chi connectivity index (χ4n) is 1.78. The van der Waals surface area contributed by atoms with E-state index in [1.807, 2.05) is 11.4 Å². The van der Waals surface area contributed by atoms with Gasteiger partial charge in [-0.2, -0.15) is 0 Å². The van der Waals surface area contributed by atoms with E-state index < -0.39 is 0 Å². The number of rotatable bonds is 14. The number of unbranched alkanes of at least 4 members (excludes halogenated alkanes) is 4. The first kappa shape index (κ1) is 21.8. The maximum Gasteiger partial charge on any atom is 0.307 e. The highest BCUT2D eigenvalue weighted by molar-refractivity contribution is 14.2. The molecule has 21 heavy (non-hydrogen) atoms. The number of hydrogen-bond donors (Lipinski definition) is 1. The molecule has 0 spiro atoms. The van der Waals surface area contributed by atoms with Crippen molar-refractivity contribution in [3.8, 4) is 0 Å². The predicted molar refractivity (Wildman–Crippen MR) is 104 cm³/mol. The van der Waals surface area contributed by atoms with Gasteiger partial charge in [0.05, 0.1) is 13.0 Å². The summed E-state index contributed by atoms with van der Waals surface area (Å²) in [6.07, 6.45) is 7.35. The topological polar surface area (TPSA) is 32.8 Å². The molecule has 4 nitrogen and oxygen atoms in total. The third kappa shape index (κ3) is 15.5. The molecule has 126 valence electrons. The Labute approximate surface area is 152 Å². The first-order valence-electron chi connectivity index (χ1n) is 7.69. The molecule has 0 aromatic rings. The van der Waals surface area contributed by atoms with Gasteiger partial charge in [0, 0.05) is 40.8 Å². The Kier molecular flexibility index (Phi) is 16.3. The Hall–Kier alpha value is 0.820. The average Bonchev–Trinajstić information content (AvgIpc) is 2.45. The standard InChI is InChI=1S/C14H29IN2O2S2/c1-3-4-13-19-14(18)9-12-17(21-15)11-8-6-5-7-10-16(2)20/h20H,3-13H2,1-2H3. The van der Waals surface area contributed by atoms with Crippen LogP contribution in [0, 0.1) is 0 Å². The number of thiol groups is 1. The highest BCUT2D eigenvalue weighted by Gasteiger charge is 2.08. The third-order valence-electron chi connectivity index (χ3n) is 3.06. The second-order valence-electron chi connectivity index (χ2n) is 5.12. The molecule has 0 saturated carbocycles. The Morgan fingerprint density at radius 3 is 2.38 bits per heavy atom. The molecule has 0 amide bonds. The summed E-state index contributed by atoms with van der Waals surface area (Å²) >= 11 is 6.51. The van der Waals surface area contributed by atoms with Gasteiger partial charge in [-0.25, -0.2) is 4.31 Å². The van der Waals surface area contributed by atoms with E-state index >= 15 is 0 Å². The predicted octanol–water partition coefficient (Wildman–Crippen LogP) is 4.36. The number of carbonyl (C=O) groups is 1. The molecule has 0 bridgehead atoms. The Balaban J connectivity index is 3.55.